The first kappa shape index (κ1) is 9.10. The van der Waals surface area contributed by atoms with Crippen LogP contribution in [0.1, 0.15) is 17.4 Å². The van der Waals surface area contributed by atoms with Crippen LogP contribution < -0.4 is 15.2 Å². The molecule has 1 atom stereocenters. The molecule has 2 heterocycles. The third-order valence-electron chi connectivity index (χ3n) is 2.40. The van der Waals surface area contributed by atoms with E-state index in [1.807, 2.05) is 18.2 Å². The van der Waals surface area contributed by atoms with Crippen molar-refractivity contribution in [3.8, 4) is 11.5 Å². The topological polar surface area (TPSA) is 98.9 Å². The quantitative estimate of drug-likeness (QED) is 0.736. The van der Waals surface area contributed by atoms with E-state index in [0.29, 0.717) is 11.6 Å². The molecule has 0 bridgehead atoms. The number of nitrogens with zero attached hydrogens (tertiary/aromatic N) is 3. The lowest BCUT2D eigenvalue weighted by atomic mass is 10.1. The molecule has 1 aromatic carbocycles. The summed E-state index contributed by atoms with van der Waals surface area (Å²) in [6, 6.07) is 5.07. The molecule has 3 rings (SSSR count). The number of nitrogens with two attached hydrogens (primary N) is 1. The van der Waals surface area contributed by atoms with E-state index >= 15 is 0 Å². The third kappa shape index (κ3) is 1.38. The SMILES string of the molecule is NC(c1ccc2c(c1)OCO2)c1nn[nH]n1. The summed E-state index contributed by atoms with van der Waals surface area (Å²) in [4.78, 5) is 0. The summed E-state index contributed by atoms with van der Waals surface area (Å²) in [7, 11) is 0. The number of tetrazole rings is 1. The maximum atomic E-state index is 5.97. The molecule has 16 heavy (non-hydrogen) atoms. The monoisotopic (exact) mass is 219 g/mol. The van der Waals surface area contributed by atoms with Crippen molar-refractivity contribution in [1.29, 1.82) is 0 Å². The number of rotatable bonds is 2. The van der Waals surface area contributed by atoms with Crippen molar-refractivity contribution in [3.05, 3.63) is 29.6 Å². The van der Waals surface area contributed by atoms with Crippen LogP contribution >= 0.6 is 0 Å². The standard InChI is InChI=1S/C9H9N5O2/c10-8(9-11-13-14-12-9)5-1-2-6-7(3-5)16-4-15-6/h1-3,8H,4,10H2,(H,11,12,13,14). The number of ether oxygens (including phenoxy) is 2. The van der Waals surface area contributed by atoms with Gasteiger partial charge in [-0.05, 0) is 17.7 Å². The van der Waals surface area contributed by atoms with Gasteiger partial charge in [0.05, 0.1) is 6.04 Å². The van der Waals surface area contributed by atoms with Gasteiger partial charge >= 0.3 is 0 Å². The fraction of sp³-hybridized carbons (Fsp3) is 0.222. The van der Waals surface area contributed by atoms with Crippen LogP contribution in [0.2, 0.25) is 0 Å². The molecule has 0 saturated heterocycles. The molecular formula is C9H9N5O2. The lowest BCUT2D eigenvalue weighted by molar-refractivity contribution is 0.174. The summed E-state index contributed by atoms with van der Waals surface area (Å²) in [5.41, 5.74) is 6.83. The molecule has 1 unspecified atom stereocenters. The molecule has 0 saturated carbocycles. The summed E-state index contributed by atoms with van der Waals surface area (Å²) in [5.74, 6) is 1.86. The Morgan fingerprint density at radius 3 is 3.00 bits per heavy atom. The number of benzene rings is 1. The van der Waals surface area contributed by atoms with Crippen LogP contribution in [0.5, 0.6) is 11.5 Å². The summed E-state index contributed by atoms with van der Waals surface area (Å²) >= 11 is 0. The van der Waals surface area contributed by atoms with Crippen LogP contribution in [0, 0.1) is 0 Å². The van der Waals surface area contributed by atoms with Gasteiger partial charge in [-0.15, -0.1) is 10.2 Å². The number of hydrogen-bond donors (Lipinski definition) is 2. The maximum Gasteiger partial charge on any atom is 0.231 e. The number of H-pyrrole nitrogens is 1. The fourth-order valence-electron chi connectivity index (χ4n) is 1.56. The zero-order valence-electron chi connectivity index (χ0n) is 8.25. The molecule has 0 fully saturated rings. The Labute approximate surface area is 90.6 Å². The Bertz CT molecular complexity index is 499. The molecule has 1 aliphatic rings. The second-order valence-electron chi connectivity index (χ2n) is 3.36. The van der Waals surface area contributed by atoms with Crippen molar-refractivity contribution >= 4 is 0 Å². The lowest BCUT2D eigenvalue weighted by Crippen LogP contribution is -2.13. The maximum absolute atomic E-state index is 5.97. The average Bonchev–Trinajstić information content (AvgIpc) is 2.98. The molecule has 1 aliphatic heterocycles. The van der Waals surface area contributed by atoms with Crippen LogP contribution in [0.25, 0.3) is 0 Å². The van der Waals surface area contributed by atoms with Crippen molar-refractivity contribution < 1.29 is 9.47 Å². The Morgan fingerprint density at radius 2 is 2.19 bits per heavy atom. The van der Waals surface area contributed by atoms with Gasteiger partial charge in [0.15, 0.2) is 17.3 Å². The van der Waals surface area contributed by atoms with Gasteiger partial charge < -0.3 is 15.2 Å². The van der Waals surface area contributed by atoms with Crippen LogP contribution in [-0.4, -0.2) is 27.4 Å². The van der Waals surface area contributed by atoms with Crippen molar-refractivity contribution in [3.63, 3.8) is 0 Å². The van der Waals surface area contributed by atoms with Gasteiger partial charge in [-0.25, -0.2) is 0 Å². The normalized spacial score (nSPS) is 15.1. The van der Waals surface area contributed by atoms with Gasteiger partial charge in [0, 0.05) is 0 Å². The van der Waals surface area contributed by atoms with E-state index in [0.717, 1.165) is 11.3 Å². The molecule has 0 spiro atoms. The first-order valence-electron chi connectivity index (χ1n) is 4.73. The zero-order chi connectivity index (χ0) is 11.0. The highest BCUT2D eigenvalue weighted by Gasteiger charge is 2.18. The highest BCUT2D eigenvalue weighted by atomic mass is 16.7. The van der Waals surface area contributed by atoms with E-state index in [-0.39, 0.29) is 6.79 Å². The second-order valence-corrected chi connectivity index (χ2v) is 3.36. The summed E-state index contributed by atoms with van der Waals surface area (Å²) < 4.78 is 10.5. The van der Waals surface area contributed by atoms with E-state index < -0.39 is 6.04 Å². The predicted molar refractivity (Wildman–Crippen MR) is 52.8 cm³/mol. The Hall–Kier alpha value is -2.15. The summed E-state index contributed by atoms with van der Waals surface area (Å²) in [6.45, 7) is 0.246. The van der Waals surface area contributed by atoms with Gasteiger partial charge in [-0.1, -0.05) is 11.3 Å². The molecule has 3 N–H and O–H groups in total. The number of fused-ring (bicyclic) bond motifs is 1. The van der Waals surface area contributed by atoms with Crippen LogP contribution in [0.15, 0.2) is 18.2 Å². The molecule has 7 nitrogen and oxygen atoms in total. The van der Waals surface area contributed by atoms with E-state index in [2.05, 4.69) is 20.6 Å². The van der Waals surface area contributed by atoms with Crippen molar-refractivity contribution in [2.24, 2.45) is 5.73 Å². The number of aromatic nitrogens is 4. The molecular weight excluding hydrogens is 210 g/mol. The summed E-state index contributed by atoms with van der Waals surface area (Å²) in [6.07, 6.45) is 0. The molecule has 0 amide bonds. The summed E-state index contributed by atoms with van der Waals surface area (Å²) in [5, 5.41) is 13.5. The second kappa shape index (κ2) is 3.46. The molecule has 7 heteroatoms. The largest absolute Gasteiger partial charge is 0.454 e. The molecule has 0 aliphatic carbocycles. The van der Waals surface area contributed by atoms with Gasteiger partial charge in [-0.3, -0.25) is 0 Å². The van der Waals surface area contributed by atoms with Crippen LogP contribution in [0.4, 0.5) is 0 Å². The first-order valence-corrected chi connectivity index (χ1v) is 4.73. The first-order chi connectivity index (χ1) is 7.84. The highest BCUT2D eigenvalue weighted by Crippen LogP contribution is 2.34. The van der Waals surface area contributed by atoms with Gasteiger partial charge in [0.25, 0.3) is 0 Å². The van der Waals surface area contributed by atoms with Gasteiger partial charge in [-0.2, -0.15) is 5.21 Å². The smallest absolute Gasteiger partial charge is 0.231 e. The molecule has 0 radical (unpaired) electrons. The number of nitrogens with one attached hydrogen (secondary N) is 1. The minimum Gasteiger partial charge on any atom is -0.454 e. The average molecular weight is 219 g/mol. The predicted octanol–water partition coefficient (Wildman–Crippen LogP) is -0.0235. The molecule has 1 aromatic heterocycles. The van der Waals surface area contributed by atoms with Crippen molar-refractivity contribution in [2.45, 2.75) is 6.04 Å². The molecule has 82 valence electrons. The third-order valence-corrected chi connectivity index (χ3v) is 2.40. The highest BCUT2D eigenvalue weighted by molar-refractivity contribution is 5.46. The minimum absolute atomic E-state index is 0.246. The molecule has 2 aromatic rings. The van der Waals surface area contributed by atoms with E-state index in [1.165, 1.54) is 0 Å². The van der Waals surface area contributed by atoms with Crippen LogP contribution in [0.3, 0.4) is 0 Å². The van der Waals surface area contributed by atoms with Crippen LogP contribution in [-0.2, 0) is 0 Å². The number of aromatic amines is 1. The Balaban J connectivity index is 1.95. The lowest BCUT2D eigenvalue weighted by Gasteiger charge is -2.07. The van der Waals surface area contributed by atoms with E-state index in [4.69, 9.17) is 15.2 Å². The van der Waals surface area contributed by atoms with E-state index in [1.54, 1.807) is 0 Å². The van der Waals surface area contributed by atoms with E-state index in [9.17, 15) is 0 Å². The Kier molecular flexibility index (Phi) is 1.97. The van der Waals surface area contributed by atoms with Gasteiger partial charge in [0.2, 0.25) is 6.79 Å². The zero-order valence-corrected chi connectivity index (χ0v) is 8.25. The minimum atomic E-state index is -0.423. The Morgan fingerprint density at radius 1 is 1.31 bits per heavy atom. The fourth-order valence-corrected chi connectivity index (χ4v) is 1.56. The van der Waals surface area contributed by atoms with Crippen molar-refractivity contribution in [2.75, 3.05) is 6.79 Å². The van der Waals surface area contributed by atoms with Crippen molar-refractivity contribution in [1.82, 2.24) is 20.6 Å². The number of hydrogen-bond acceptors (Lipinski definition) is 6. The van der Waals surface area contributed by atoms with Gasteiger partial charge in [0.1, 0.15) is 0 Å².